The molecule has 3 heteroatoms. The molecule has 0 aliphatic rings. The van der Waals surface area contributed by atoms with Crippen LogP contribution in [0.5, 0.6) is 0 Å². The van der Waals surface area contributed by atoms with E-state index in [9.17, 15) is 9.59 Å². The maximum absolute atomic E-state index is 10.5. The fraction of sp³-hybridized carbons (Fsp3) is 0.200. The van der Waals surface area contributed by atoms with Gasteiger partial charge in [-0.25, -0.2) is 0 Å². The first-order chi connectivity index (χ1) is 6.36. The van der Waals surface area contributed by atoms with Gasteiger partial charge in [0, 0.05) is 18.2 Å². The second kappa shape index (κ2) is 5.09. The highest BCUT2D eigenvalue weighted by atomic mass is 16.1. The second-order valence-electron chi connectivity index (χ2n) is 2.57. The van der Waals surface area contributed by atoms with E-state index in [1.165, 1.54) is 0 Å². The average molecular weight is 176 g/mol. The van der Waals surface area contributed by atoms with Crippen molar-refractivity contribution in [1.29, 1.82) is 0 Å². The van der Waals surface area contributed by atoms with E-state index in [0.29, 0.717) is 0 Å². The van der Waals surface area contributed by atoms with Crippen molar-refractivity contribution in [2.75, 3.05) is 5.32 Å². The van der Waals surface area contributed by atoms with Crippen LogP contribution in [0, 0.1) is 6.07 Å². The summed E-state index contributed by atoms with van der Waals surface area (Å²) in [5.41, 5.74) is 0.724. The van der Waals surface area contributed by atoms with E-state index in [4.69, 9.17) is 0 Å². The molecule has 1 aromatic carbocycles. The van der Waals surface area contributed by atoms with E-state index < -0.39 is 6.04 Å². The van der Waals surface area contributed by atoms with Crippen LogP contribution in [0.15, 0.2) is 24.3 Å². The Balaban J connectivity index is 2.56. The number of carbonyl (C=O) groups excluding carboxylic acids is 2. The fourth-order valence-electron chi connectivity index (χ4n) is 0.935. The Hall–Kier alpha value is -1.64. The van der Waals surface area contributed by atoms with Crippen molar-refractivity contribution in [1.82, 2.24) is 0 Å². The lowest BCUT2D eigenvalue weighted by atomic mass is 10.2. The molecule has 0 aromatic heterocycles. The molecule has 0 heterocycles. The number of anilines is 1. The summed E-state index contributed by atoms with van der Waals surface area (Å²) in [5.74, 6) is 0. The average Bonchev–Trinajstić information content (AvgIpc) is 2.19. The van der Waals surface area contributed by atoms with Gasteiger partial charge in [0.05, 0.1) is 6.04 Å². The van der Waals surface area contributed by atoms with E-state index in [1.807, 2.05) is 12.1 Å². The molecule has 1 rings (SSSR count). The third kappa shape index (κ3) is 3.07. The first kappa shape index (κ1) is 9.45. The number of rotatable bonds is 5. The predicted molar refractivity (Wildman–Crippen MR) is 49.4 cm³/mol. The number of nitrogens with one attached hydrogen (secondary N) is 1. The van der Waals surface area contributed by atoms with Gasteiger partial charge in [-0.3, -0.25) is 0 Å². The quantitative estimate of drug-likeness (QED) is 0.682. The molecule has 0 spiro atoms. The molecular weight excluding hydrogens is 166 g/mol. The van der Waals surface area contributed by atoms with Gasteiger partial charge in [-0.2, -0.15) is 0 Å². The van der Waals surface area contributed by atoms with E-state index in [1.54, 1.807) is 12.1 Å². The predicted octanol–water partition coefficient (Wildman–Crippen LogP) is 1.06. The van der Waals surface area contributed by atoms with E-state index in [2.05, 4.69) is 11.4 Å². The van der Waals surface area contributed by atoms with Crippen molar-refractivity contribution in [2.24, 2.45) is 0 Å². The Bertz CT molecular complexity index is 272. The highest BCUT2D eigenvalue weighted by Gasteiger charge is 2.04. The van der Waals surface area contributed by atoms with E-state index in [0.717, 1.165) is 18.3 Å². The first-order valence-corrected chi connectivity index (χ1v) is 3.99. The summed E-state index contributed by atoms with van der Waals surface area (Å²) >= 11 is 0. The van der Waals surface area contributed by atoms with Crippen molar-refractivity contribution in [3.05, 3.63) is 30.3 Å². The van der Waals surface area contributed by atoms with Gasteiger partial charge in [0.25, 0.3) is 0 Å². The molecular formula is C10H10NO2. The van der Waals surface area contributed by atoms with Gasteiger partial charge in [0.15, 0.2) is 0 Å². The van der Waals surface area contributed by atoms with Crippen LogP contribution in [0.1, 0.15) is 6.42 Å². The van der Waals surface area contributed by atoms with Crippen LogP contribution in [-0.2, 0) is 9.59 Å². The van der Waals surface area contributed by atoms with Gasteiger partial charge in [-0.15, -0.1) is 0 Å². The fourth-order valence-corrected chi connectivity index (χ4v) is 0.935. The largest absolute Gasteiger partial charge is 0.375 e. The lowest BCUT2D eigenvalue weighted by molar-refractivity contribution is -0.112. The van der Waals surface area contributed by atoms with Crippen LogP contribution in [0.3, 0.4) is 0 Å². The molecule has 67 valence electrons. The smallest absolute Gasteiger partial charge is 0.142 e. The molecule has 0 saturated carbocycles. The molecule has 0 amide bonds. The number of hydrogen-bond acceptors (Lipinski definition) is 3. The van der Waals surface area contributed by atoms with Gasteiger partial charge in [-0.1, -0.05) is 18.2 Å². The van der Waals surface area contributed by atoms with Gasteiger partial charge in [-0.05, 0) is 6.07 Å². The van der Waals surface area contributed by atoms with Crippen LogP contribution in [0.4, 0.5) is 5.69 Å². The van der Waals surface area contributed by atoms with Crippen LogP contribution in [0.2, 0.25) is 0 Å². The lowest BCUT2D eigenvalue weighted by Crippen LogP contribution is -2.21. The summed E-state index contributed by atoms with van der Waals surface area (Å²) in [6, 6.07) is 9.66. The van der Waals surface area contributed by atoms with Crippen LogP contribution in [-0.4, -0.2) is 18.6 Å². The highest BCUT2D eigenvalue weighted by Crippen LogP contribution is 2.06. The minimum absolute atomic E-state index is 0.187. The Labute approximate surface area is 76.8 Å². The Morgan fingerprint density at radius 1 is 1.46 bits per heavy atom. The lowest BCUT2D eigenvalue weighted by Gasteiger charge is -2.09. The third-order valence-corrected chi connectivity index (χ3v) is 1.56. The SMILES string of the molecule is O=CCC(C=O)Nc1[c]cccc1. The molecule has 1 N–H and O–H groups in total. The summed E-state index contributed by atoms with van der Waals surface area (Å²) in [6.07, 6.45) is 1.62. The zero-order valence-electron chi connectivity index (χ0n) is 7.07. The van der Waals surface area contributed by atoms with Gasteiger partial charge >= 0.3 is 0 Å². The Morgan fingerprint density at radius 2 is 2.31 bits per heavy atom. The second-order valence-corrected chi connectivity index (χ2v) is 2.57. The minimum Gasteiger partial charge on any atom is -0.375 e. The van der Waals surface area contributed by atoms with E-state index >= 15 is 0 Å². The van der Waals surface area contributed by atoms with Crippen molar-refractivity contribution >= 4 is 18.3 Å². The monoisotopic (exact) mass is 176 g/mol. The normalized spacial score (nSPS) is 11.7. The summed E-state index contributed by atoms with van der Waals surface area (Å²) in [6.45, 7) is 0. The molecule has 0 aliphatic heterocycles. The van der Waals surface area contributed by atoms with Crippen LogP contribution >= 0.6 is 0 Å². The van der Waals surface area contributed by atoms with Crippen molar-refractivity contribution in [3.63, 3.8) is 0 Å². The molecule has 1 aromatic rings. The van der Waals surface area contributed by atoms with Crippen LogP contribution < -0.4 is 5.32 Å². The first-order valence-electron chi connectivity index (χ1n) is 3.99. The third-order valence-electron chi connectivity index (χ3n) is 1.56. The highest BCUT2D eigenvalue weighted by molar-refractivity contribution is 5.69. The molecule has 1 radical (unpaired) electrons. The zero-order chi connectivity index (χ0) is 9.52. The summed E-state index contributed by atoms with van der Waals surface area (Å²) in [5, 5.41) is 2.87. The molecule has 1 atom stereocenters. The molecule has 13 heavy (non-hydrogen) atoms. The molecule has 0 saturated heterocycles. The number of aldehydes is 2. The van der Waals surface area contributed by atoms with Crippen molar-refractivity contribution in [2.45, 2.75) is 12.5 Å². The Kier molecular flexibility index (Phi) is 3.70. The van der Waals surface area contributed by atoms with Gasteiger partial charge in [0.1, 0.15) is 12.6 Å². The maximum Gasteiger partial charge on any atom is 0.142 e. The molecule has 0 aliphatic carbocycles. The molecule has 3 nitrogen and oxygen atoms in total. The minimum atomic E-state index is -0.448. The Morgan fingerprint density at radius 3 is 2.85 bits per heavy atom. The zero-order valence-corrected chi connectivity index (χ0v) is 7.07. The van der Waals surface area contributed by atoms with Gasteiger partial charge in [0.2, 0.25) is 0 Å². The summed E-state index contributed by atoms with van der Waals surface area (Å²) in [7, 11) is 0. The van der Waals surface area contributed by atoms with Gasteiger partial charge < -0.3 is 14.9 Å². The number of benzene rings is 1. The van der Waals surface area contributed by atoms with Crippen molar-refractivity contribution in [3.8, 4) is 0 Å². The van der Waals surface area contributed by atoms with E-state index in [-0.39, 0.29) is 6.42 Å². The molecule has 1 unspecified atom stereocenters. The number of hydrogen-bond donors (Lipinski definition) is 1. The standard InChI is InChI=1S/C10H10NO2/c12-7-6-10(8-13)11-9-4-2-1-3-5-9/h1-4,7-8,10-11H,6H2. The molecule has 0 bridgehead atoms. The molecule has 0 fully saturated rings. The summed E-state index contributed by atoms with van der Waals surface area (Å²) in [4.78, 5) is 20.6. The van der Waals surface area contributed by atoms with Crippen LogP contribution in [0.25, 0.3) is 0 Å². The summed E-state index contributed by atoms with van der Waals surface area (Å²) < 4.78 is 0. The van der Waals surface area contributed by atoms with Crippen molar-refractivity contribution < 1.29 is 9.59 Å². The number of carbonyl (C=O) groups is 2. The topological polar surface area (TPSA) is 46.2 Å². The maximum atomic E-state index is 10.5. The number of para-hydroxylation sites is 1.